The molecule has 9 nitrogen and oxygen atoms in total. The Balaban J connectivity index is 1.99. The number of nitrogens with zero attached hydrogens (tertiary/aromatic N) is 3. The highest BCUT2D eigenvalue weighted by Gasteiger charge is 2.19. The summed E-state index contributed by atoms with van der Waals surface area (Å²) in [5.74, 6) is -1.29. The third-order valence-corrected chi connectivity index (χ3v) is 5.64. The Morgan fingerprint density at radius 2 is 1.83 bits per heavy atom. The number of nitrogens with one attached hydrogen (secondary N) is 2. The quantitative estimate of drug-likeness (QED) is 0.316. The van der Waals surface area contributed by atoms with Gasteiger partial charge in [-0.25, -0.2) is 14.5 Å². The second kappa shape index (κ2) is 10.8. The van der Waals surface area contributed by atoms with E-state index in [4.69, 9.17) is 4.98 Å². The van der Waals surface area contributed by atoms with Gasteiger partial charge in [-0.1, -0.05) is 17.7 Å². The Morgan fingerprint density at radius 3 is 2.43 bits per heavy atom. The predicted octanol–water partition coefficient (Wildman–Crippen LogP) is 4.09. The van der Waals surface area contributed by atoms with E-state index >= 15 is 0 Å². The van der Waals surface area contributed by atoms with Gasteiger partial charge in [0, 0.05) is 23.8 Å². The average Bonchev–Trinajstić information content (AvgIpc) is 3.26. The molecule has 0 unspecified atom stereocenters. The zero-order valence-electron chi connectivity index (χ0n) is 20.4. The molecule has 0 radical (unpaired) electrons. The molecule has 9 heteroatoms. The first kappa shape index (κ1) is 25.4. The van der Waals surface area contributed by atoms with E-state index in [2.05, 4.69) is 15.7 Å². The molecule has 0 atom stereocenters. The van der Waals surface area contributed by atoms with E-state index in [1.54, 1.807) is 36.0 Å². The molecule has 0 aliphatic rings. The van der Waals surface area contributed by atoms with E-state index in [0.717, 1.165) is 11.1 Å². The van der Waals surface area contributed by atoms with Crippen LogP contribution in [0.25, 0.3) is 22.3 Å². The fourth-order valence-electron chi connectivity index (χ4n) is 3.55. The van der Waals surface area contributed by atoms with Crippen molar-refractivity contribution in [1.82, 2.24) is 25.4 Å². The van der Waals surface area contributed by atoms with Crippen LogP contribution in [0.15, 0.2) is 59.4 Å². The third-order valence-electron chi connectivity index (χ3n) is 5.64. The lowest BCUT2D eigenvalue weighted by atomic mass is 10.0. The first-order chi connectivity index (χ1) is 16.6. The predicted molar refractivity (Wildman–Crippen MR) is 134 cm³/mol. The summed E-state index contributed by atoms with van der Waals surface area (Å²) in [6.45, 7) is 9.89. The second-order valence-electron chi connectivity index (χ2n) is 8.59. The molecule has 35 heavy (non-hydrogen) atoms. The van der Waals surface area contributed by atoms with Crippen LogP contribution in [-0.4, -0.2) is 44.7 Å². The topological polar surface area (TPSA) is 126 Å². The Kier molecular flexibility index (Phi) is 7.80. The summed E-state index contributed by atoms with van der Waals surface area (Å²) < 4.78 is 1.75. The van der Waals surface area contributed by atoms with Gasteiger partial charge >= 0.3 is 5.97 Å². The van der Waals surface area contributed by atoms with Gasteiger partial charge in [0.25, 0.3) is 5.91 Å². The molecule has 0 saturated heterocycles. The molecule has 2 heterocycles. The largest absolute Gasteiger partial charge is 0.478 e. The SMILES string of the molecule is C/C(=C/C(C)=C(\C)CNC(=O)c1cc(-c2ccc(C(=O)O)cc2)nc2c1cnn2C(C)C)NC=O. The van der Waals surface area contributed by atoms with Crippen molar-refractivity contribution in [3.8, 4) is 11.3 Å². The molecule has 0 spiro atoms. The van der Waals surface area contributed by atoms with Gasteiger partial charge < -0.3 is 15.7 Å². The molecule has 3 aromatic rings. The highest BCUT2D eigenvalue weighted by atomic mass is 16.4. The summed E-state index contributed by atoms with van der Waals surface area (Å²) in [7, 11) is 0. The van der Waals surface area contributed by atoms with E-state index in [9.17, 15) is 19.5 Å². The van der Waals surface area contributed by atoms with Crippen LogP contribution < -0.4 is 10.6 Å². The summed E-state index contributed by atoms with van der Waals surface area (Å²) >= 11 is 0. The number of aromatic carboxylic acids is 1. The number of aromatic nitrogens is 3. The number of pyridine rings is 1. The minimum atomic E-state index is -1.01. The van der Waals surface area contributed by atoms with Crippen LogP contribution in [0.2, 0.25) is 0 Å². The number of carbonyl (C=O) groups excluding carboxylic acids is 2. The molecule has 2 aromatic heterocycles. The van der Waals surface area contributed by atoms with Crippen molar-refractivity contribution < 1.29 is 19.5 Å². The molecule has 2 amide bonds. The Morgan fingerprint density at radius 1 is 1.14 bits per heavy atom. The number of carboxylic acid groups (broad SMARTS) is 1. The van der Waals surface area contributed by atoms with E-state index in [1.165, 1.54) is 12.1 Å². The molecular formula is C26H29N5O4. The lowest BCUT2D eigenvalue weighted by Gasteiger charge is -2.12. The van der Waals surface area contributed by atoms with Gasteiger partial charge in [-0.05, 0) is 64.5 Å². The molecule has 1 aromatic carbocycles. The Hall–Kier alpha value is -4.27. The van der Waals surface area contributed by atoms with Crippen molar-refractivity contribution in [2.24, 2.45) is 0 Å². The highest BCUT2D eigenvalue weighted by Crippen LogP contribution is 2.27. The van der Waals surface area contributed by atoms with Gasteiger partial charge in [0.2, 0.25) is 6.41 Å². The molecule has 3 N–H and O–H groups in total. The highest BCUT2D eigenvalue weighted by molar-refractivity contribution is 6.06. The number of hydrogen-bond acceptors (Lipinski definition) is 5. The zero-order valence-corrected chi connectivity index (χ0v) is 20.4. The number of fused-ring (bicyclic) bond motifs is 1. The third kappa shape index (κ3) is 5.81. The van der Waals surface area contributed by atoms with Crippen molar-refractivity contribution in [2.45, 2.75) is 40.7 Å². The molecule has 0 aliphatic heterocycles. The van der Waals surface area contributed by atoms with Gasteiger partial charge in [0.05, 0.1) is 28.4 Å². The number of allylic oxidation sites excluding steroid dienone is 3. The van der Waals surface area contributed by atoms with Gasteiger partial charge in [0.15, 0.2) is 5.65 Å². The number of rotatable bonds is 9. The van der Waals surface area contributed by atoms with Crippen LogP contribution in [0, 0.1) is 0 Å². The Labute approximate surface area is 203 Å². The van der Waals surface area contributed by atoms with Crippen molar-refractivity contribution in [1.29, 1.82) is 0 Å². The fourth-order valence-corrected chi connectivity index (χ4v) is 3.55. The van der Waals surface area contributed by atoms with Crippen molar-refractivity contribution >= 4 is 29.3 Å². The minimum absolute atomic E-state index is 0.0309. The van der Waals surface area contributed by atoms with Crippen LogP contribution in [0.4, 0.5) is 0 Å². The van der Waals surface area contributed by atoms with Crippen LogP contribution in [0.3, 0.4) is 0 Å². The number of carboxylic acids is 1. The van der Waals surface area contributed by atoms with Crippen molar-refractivity contribution in [2.75, 3.05) is 6.54 Å². The molecule has 0 fully saturated rings. The standard InChI is InChI=1S/C26H29N5O4/c1-15(2)31-24-22(13-29-31)21(11-23(30-24)19-6-8-20(9-7-19)26(34)35)25(33)27-12-17(4)16(3)10-18(5)28-14-32/h6-11,13-15H,12H2,1-5H3,(H,27,33)(H,28,32)(H,34,35)/b17-16+,18-10-. The smallest absolute Gasteiger partial charge is 0.335 e. The van der Waals surface area contributed by atoms with Gasteiger partial charge in [-0.3, -0.25) is 9.59 Å². The van der Waals surface area contributed by atoms with Gasteiger partial charge in [0.1, 0.15) is 0 Å². The number of amides is 2. The number of carbonyl (C=O) groups is 3. The molecule has 3 rings (SSSR count). The second-order valence-corrected chi connectivity index (χ2v) is 8.59. The summed E-state index contributed by atoms with van der Waals surface area (Å²) in [5, 5.41) is 19.8. The molecule has 0 saturated carbocycles. The first-order valence-electron chi connectivity index (χ1n) is 11.2. The summed E-state index contributed by atoms with van der Waals surface area (Å²) in [6.07, 6.45) is 4.10. The van der Waals surface area contributed by atoms with E-state index in [0.29, 0.717) is 46.5 Å². The van der Waals surface area contributed by atoms with Crippen LogP contribution in [-0.2, 0) is 4.79 Å². The lowest BCUT2D eigenvalue weighted by molar-refractivity contribution is -0.108. The maximum absolute atomic E-state index is 13.3. The van der Waals surface area contributed by atoms with Crippen molar-refractivity contribution in [3.05, 3.63) is 70.6 Å². The fraction of sp³-hybridized carbons (Fsp3) is 0.269. The van der Waals surface area contributed by atoms with Crippen LogP contribution in [0.5, 0.6) is 0 Å². The van der Waals surface area contributed by atoms with E-state index in [-0.39, 0.29) is 17.5 Å². The molecular weight excluding hydrogens is 446 g/mol. The lowest BCUT2D eigenvalue weighted by Crippen LogP contribution is -2.26. The maximum Gasteiger partial charge on any atom is 0.335 e. The maximum atomic E-state index is 13.3. The molecule has 0 aliphatic carbocycles. The normalized spacial score (nSPS) is 12.5. The van der Waals surface area contributed by atoms with Crippen LogP contribution >= 0.6 is 0 Å². The van der Waals surface area contributed by atoms with Crippen LogP contribution in [0.1, 0.15) is 61.4 Å². The van der Waals surface area contributed by atoms with Gasteiger partial charge in [-0.2, -0.15) is 5.10 Å². The summed E-state index contributed by atoms with van der Waals surface area (Å²) in [4.78, 5) is 39.8. The van der Waals surface area contributed by atoms with Gasteiger partial charge in [-0.15, -0.1) is 0 Å². The summed E-state index contributed by atoms with van der Waals surface area (Å²) in [5.41, 5.74) is 5.00. The van der Waals surface area contributed by atoms with E-state index in [1.807, 2.05) is 33.8 Å². The number of hydrogen-bond donors (Lipinski definition) is 3. The van der Waals surface area contributed by atoms with Crippen molar-refractivity contribution in [3.63, 3.8) is 0 Å². The number of benzene rings is 1. The first-order valence-corrected chi connectivity index (χ1v) is 11.2. The van der Waals surface area contributed by atoms with E-state index < -0.39 is 5.97 Å². The minimum Gasteiger partial charge on any atom is -0.478 e. The molecule has 182 valence electrons. The Bertz CT molecular complexity index is 1330. The summed E-state index contributed by atoms with van der Waals surface area (Å²) in [6, 6.07) is 8.10. The monoisotopic (exact) mass is 475 g/mol. The zero-order chi connectivity index (χ0) is 25.7. The molecule has 0 bridgehead atoms. The average molecular weight is 476 g/mol.